The van der Waals surface area contributed by atoms with Gasteiger partial charge in [-0.1, -0.05) is 438 Å². The zero-order valence-electron chi connectivity index (χ0n) is 60.7. The lowest BCUT2D eigenvalue weighted by molar-refractivity contribution is -0.302. The molecule has 1 aliphatic heterocycles. The average molecular weight is 1280 g/mol. The molecule has 1 saturated heterocycles. The van der Waals surface area contributed by atoms with Crippen LogP contribution < -0.4 is 5.32 Å². The Bertz CT molecular complexity index is 1390. The third kappa shape index (κ3) is 58.5. The van der Waals surface area contributed by atoms with Crippen LogP contribution in [0.2, 0.25) is 0 Å². The molecule has 0 bridgehead atoms. The SMILES string of the molecule is CCCCCCCCCCCCCCCCCCCCCCCCCCCCCCCCCCCCCCCCCC(=O)NC(COC1OC(CO)C(O)C(O)C1O)C(O)CCCCCCCCCCCCCCCCCCCCCCCCCCCCCC. The predicted molar refractivity (Wildman–Crippen MR) is 388 cm³/mol. The minimum absolute atomic E-state index is 0.130. The number of ether oxygens (including phenoxy) is 2. The summed E-state index contributed by atoms with van der Waals surface area (Å²) in [5.74, 6) is -0.131. The van der Waals surface area contributed by atoms with Gasteiger partial charge in [0.15, 0.2) is 6.29 Å². The molecule has 0 saturated carbocycles. The topological polar surface area (TPSA) is 149 Å². The molecule has 1 fully saturated rings. The predicted octanol–water partition coefficient (Wildman–Crippen LogP) is 23.6. The van der Waals surface area contributed by atoms with Gasteiger partial charge in [-0.05, 0) is 12.8 Å². The van der Waals surface area contributed by atoms with Crippen LogP contribution in [0.5, 0.6) is 0 Å². The molecule has 1 rings (SSSR count). The van der Waals surface area contributed by atoms with E-state index in [9.17, 15) is 30.3 Å². The molecule has 0 spiro atoms. The van der Waals surface area contributed by atoms with E-state index in [-0.39, 0.29) is 12.5 Å². The van der Waals surface area contributed by atoms with Gasteiger partial charge in [0.2, 0.25) is 5.91 Å². The molecule has 7 unspecified atom stereocenters. The van der Waals surface area contributed by atoms with Crippen LogP contribution >= 0.6 is 0 Å². The van der Waals surface area contributed by atoms with Crippen LogP contribution in [0.3, 0.4) is 0 Å². The molecule has 0 aromatic heterocycles. The van der Waals surface area contributed by atoms with Crippen molar-refractivity contribution in [2.75, 3.05) is 13.2 Å². The fraction of sp³-hybridized carbons (Fsp3) is 0.988. The zero-order valence-corrected chi connectivity index (χ0v) is 60.7. The van der Waals surface area contributed by atoms with E-state index in [2.05, 4.69) is 19.2 Å². The van der Waals surface area contributed by atoms with Gasteiger partial charge in [0.05, 0.1) is 25.4 Å². The smallest absolute Gasteiger partial charge is 0.220 e. The zero-order chi connectivity index (χ0) is 64.9. The quantitative estimate of drug-likeness (QED) is 0.0330. The van der Waals surface area contributed by atoms with Crippen LogP contribution in [-0.4, -0.2) is 87.5 Å². The number of nitrogens with one attached hydrogen (secondary N) is 1. The van der Waals surface area contributed by atoms with E-state index in [0.29, 0.717) is 12.8 Å². The number of aliphatic hydroxyl groups is 5. The highest BCUT2D eigenvalue weighted by atomic mass is 16.7. The molecule has 0 aromatic rings. The second-order valence-corrected chi connectivity index (χ2v) is 29.3. The molecule has 538 valence electrons. The largest absolute Gasteiger partial charge is 0.394 e. The summed E-state index contributed by atoms with van der Waals surface area (Å²) in [6.45, 7) is 3.92. The van der Waals surface area contributed by atoms with Gasteiger partial charge < -0.3 is 40.3 Å². The summed E-state index contributed by atoms with van der Waals surface area (Å²) in [7, 11) is 0. The number of hydrogen-bond acceptors (Lipinski definition) is 8. The third-order valence-electron chi connectivity index (χ3n) is 20.5. The fourth-order valence-electron chi connectivity index (χ4n) is 14.1. The Morgan fingerprint density at radius 1 is 0.333 bits per heavy atom. The van der Waals surface area contributed by atoms with Gasteiger partial charge in [-0.25, -0.2) is 0 Å². The van der Waals surface area contributed by atoms with Crippen molar-refractivity contribution >= 4 is 5.91 Å². The van der Waals surface area contributed by atoms with Crippen molar-refractivity contribution in [3.63, 3.8) is 0 Å². The van der Waals surface area contributed by atoms with Crippen molar-refractivity contribution in [1.29, 1.82) is 0 Å². The maximum Gasteiger partial charge on any atom is 0.220 e. The Morgan fingerprint density at radius 3 is 0.789 bits per heavy atom. The first-order chi connectivity index (χ1) is 44.3. The summed E-state index contributed by atoms with van der Waals surface area (Å²) in [5.41, 5.74) is 0. The van der Waals surface area contributed by atoms with Gasteiger partial charge >= 0.3 is 0 Å². The summed E-state index contributed by atoms with van der Waals surface area (Å²) in [5, 5.41) is 55.1. The average Bonchev–Trinajstić information content (AvgIpc) is 2.75. The molecule has 0 radical (unpaired) electrons. The van der Waals surface area contributed by atoms with Crippen molar-refractivity contribution in [2.45, 2.75) is 500 Å². The third-order valence-corrected chi connectivity index (χ3v) is 20.5. The lowest BCUT2D eigenvalue weighted by Gasteiger charge is -2.40. The number of carbonyl (C=O) groups excluding carboxylic acids is 1. The summed E-state index contributed by atoms with van der Waals surface area (Å²) < 4.78 is 11.4. The van der Waals surface area contributed by atoms with E-state index in [1.165, 1.54) is 392 Å². The molecule has 1 aliphatic rings. The molecular weight excluding hydrogens is 1110 g/mol. The van der Waals surface area contributed by atoms with Crippen LogP contribution in [-0.2, 0) is 14.3 Å². The molecule has 6 N–H and O–H groups in total. The second kappa shape index (κ2) is 71.0. The Kier molecular flexibility index (Phi) is 68.8. The standard InChI is InChI=1S/C81H161NO8/c1-3-5-7-9-11-13-15-17-19-21-23-25-27-29-31-33-34-35-36-37-38-39-40-41-42-43-45-47-49-51-53-55-57-59-61-63-65-67-69-71-77(85)82-74(73-89-81-80(88)79(87)78(86)76(72-83)90-81)75(84)70-68-66-64-62-60-58-56-54-52-50-48-46-44-32-30-28-26-24-22-20-18-16-14-12-10-8-6-4-2/h74-76,78-81,83-84,86-88H,3-73H2,1-2H3,(H,82,85). The Balaban J connectivity index is 2.01. The van der Waals surface area contributed by atoms with E-state index in [0.717, 1.165) is 38.5 Å². The lowest BCUT2D eigenvalue weighted by atomic mass is 9.99. The summed E-state index contributed by atoms with van der Waals surface area (Å²) in [6.07, 6.45) is 85.2. The van der Waals surface area contributed by atoms with Crippen molar-refractivity contribution < 1.29 is 39.8 Å². The molecule has 0 aromatic carbocycles. The first-order valence-corrected chi connectivity index (χ1v) is 41.2. The van der Waals surface area contributed by atoms with Crippen LogP contribution in [0.15, 0.2) is 0 Å². The molecule has 1 amide bonds. The number of rotatable bonds is 75. The van der Waals surface area contributed by atoms with Crippen LogP contribution in [0.25, 0.3) is 0 Å². The highest BCUT2D eigenvalue weighted by Gasteiger charge is 2.44. The highest BCUT2D eigenvalue weighted by Crippen LogP contribution is 2.25. The van der Waals surface area contributed by atoms with E-state index in [4.69, 9.17) is 9.47 Å². The summed E-state index contributed by atoms with van der Waals surface area (Å²) in [4.78, 5) is 13.2. The first-order valence-electron chi connectivity index (χ1n) is 41.2. The number of unbranched alkanes of at least 4 members (excludes halogenated alkanes) is 65. The van der Waals surface area contributed by atoms with Gasteiger partial charge in [-0.15, -0.1) is 0 Å². The van der Waals surface area contributed by atoms with Crippen molar-refractivity contribution in [2.24, 2.45) is 0 Å². The lowest BCUT2D eigenvalue weighted by Crippen LogP contribution is -2.60. The Morgan fingerprint density at radius 2 is 0.556 bits per heavy atom. The van der Waals surface area contributed by atoms with E-state index in [1.54, 1.807) is 0 Å². The van der Waals surface area contributed by atoms with Crippen molar-refractivity contribution in [3.05, 3.63) is 0 Å². The molecule has 1 heterocycles. The summed E-state index contributed by atoms with van der Waals surface area (Å²) >= 11 is 0. The molecule has 0 aliphatic carbocycles. The van der Waals surface area contributed by atoms with Gasteiger partial charge in [-0.3, -0.25) is 4.79 Å². The molecule has 90 heavy (non-hydrogen) atoms. The Hall–Kier alpha value is -0.810. The van der Waals surface area contributed by atoms with Gasteiger partial charge in [0.25, 0.3) is 0 Å². The van der Waals surface area contributed by atoms with Crippen LogP contribution in [0.1, 0.15) is 457 Å². The minimum Gasteiger partial charge on any atom is -0.394 e. The fourth-order valence-corrected chi connectivity index (χ4v) is 14.1. The van der Waals surface area contributed by atoms with E-state index in [1.807, 2.05) is 0 Å². The highest BCUT2D eigenvalue weighted by molar-refractivity contribution is 5.76. The molecule has 9 heteroatoms. The van der Waals surface area contributed by atoms with Crippen LogP contribution in [0, 0.1) is 0 Å². The minimum atomic E-state index is -1.55. The maximum atomic E-state index is 13.2. The number of carbonyl (C=O) groups is 1. The first kappa shape index (κ1) is 87.2. The molecular formula is C81H161NO8. The van der Waals surface area contributed by atoms with Gasteiger partial charge in [0.1, 0.15) is 24.4 Å². The Labute approximate surface area is 561 Å². The van der Waals surface area contributed by atoms with E-state index >= 15 is 0 Å². The summed E-state index contributed by atoms with van der Waals surface area (Å²) in [6, 6.07) is -0.716. The van der Waals surface area contributed by atoms with E-state index < -0.39 is 49.5 Å². The number of amides is 1. The molecule has 9 nitrogen and oxygen atoms in total. The number of aliphatic hydroxyl groups excluding tert-OH is 5. The second-order valence-electron chi connectivity index (χ2n) is 29.3. The van der Waals surface area contributed by atoms with Crippen molar-refractivity contribution in [1.82, 2.24) is 5.32 Å². The van der Waals surface area contributed by atoms with Crippen LogP contribution in [0.4, 0.5) is 0 Å². The molecule has 7 atom stereocenters. The number of hydrogen-bond donors (Lipinski definition) is 6. The normalized spacial score (nSPS) is 17.6. The van der Waals surface area contributed by atoms with Gasteiger partial charge in [0, 0.05) is 6.42 Å². The van der Waals surface area contributed by atoms with Gasteiger partial charge in [-0.2, -0.15) is 0 Å². The monoisotopic (exact) mass is 1280 g/mol. The maximum absolute atomic E-state index is 13.2. The van der Waals surface area contributed by atoms with Crippen molar-refractivity contribution in [3.8, 4) is 0 Å².